The molecule has 0 unspecified atom stereocenters. The molecule has 0 aromatic heterocycles. The first-order valence-corrected chi connectivity index (χ1v) is 8.95. The molecule has 4 heteroatoms. The molecule has 1 aromatic rings. The maximum absolute atomic E-state index is 12.8. The Kier molecular flexibility index (Phi) is 4.82. The first-order chi connectivity index (χ1) is 9.65. The summed E-state index contributed by atoms with van der Waals surface area (Å²) in [6, 6.07) is 7.58. The van der Waals surface area contributed by atoms with Crippen molar-refractivity contribution < 1.29 is 4.79 Å². The van der Waals surface area contributed by atoms with Crippen LogP contribution in [0.5, 0.6) is 0 Å². The summed E-state index contributed by atoms with van der Waals surface area (Å²) in [4.78, 5) is 15.1. The number of nitrogens with zero attached hydrogens (tertiary/aromatic N) is 1. The second kappa shape index (κ2) is 5.98. The first-order valence-electron chi connectivity index (χ1n) is 7.30. The predicted octanol–water partition coefficient (Wildman–Crippen LogP) is 3.97. The van der Waals surface area contributed by atoms with Crippen LogP contribution in [0.2, 0.25) is 0 Å². The number of Topliss-reactive ketones (excluding diaryl/α,β-unsaturated/α-hetero) is 1. The van der Waals surface area contributed by atoms with Gasteiger partial charge in [-0.25, -0.2) is 0 Å². The molecule has 0 bridgehead atoms. The summed E-state index contributed by atoms with van der Waals surface area (Å²) in [5.74, 6) is 0.0688. The van der Waals surface area contributed by atoms with Crippen LogP contribution in [0.1, 0.15) is 57.3 Å². The zero-order chi connectivity index (χ0) is 15.8. The molecule has 2 rings (SSSR count). The normalized spacial score (nSPS) is 20.1. The van der Waals surface area contributed by atoms with E-state index in [4.69, 9.17) is 0 Å². The quantitative estimate of drug-likeness (QED) is 0.550. The Labute approximate surface area is 143 Å². The molecule has 1 aliphatic heterocycles. The summed E-state index contributed by atoms with van der Waals surface area (Å²) < 4.78 is 1.65. The molecule has 0 radical (unpaired) electrons. The number of halogens is 1. The maximum atomic E-state index is 12.8. The van der Waals surface area contributed by atoms with E-state index in [1.165, 1.54) is 6.42 Å². The van der Waals surface area contributed by atoms with Gasteiger partial charge in [0.1, 0.15) is 0 Å². The zero-order valence-electron chi connectivity index (χ0n) is 13.1. The molecular weight excluding hydrogens is 393 g/mol. The van der Waals surface area contributed by atoms with Gasteiger partial charge in [-0.05, 0) is 0 Å². The fourth-order valence-electron chi connectivity index (χ4n) is 3.40. The van der Waals surface area contributed by atoms with Crippen LogP contribution in [0.25, 0.3) is 0 Å². The first kappa shape index (κ1) is 16.9. The van der Waals surface area contributed by atoms with E-state index in [1.54, 1.807) is 0 Å². The van der Waals surface area contributed by atoms with Gasteiger partial charge in [-0.15, -0.1) is 0 Å². The number of carbonyl (C=O) groups is 1. The molecule has 2 nitrogen and oxygen atoms in total. The van der Waals surface area contributed by atoms with E-state index in [-0.39, 0.29) is 16.9 Å². The summed E-state index contributed by atoms with van der Waals surface area (Å²) in [6.07, 6.45) is 3.41. The van der Waals surface area contributed by atoms with Crippen LogP contribution >= 0.6 is 15.9 Å². The Bertz CT molecular complexity index is 564. The number of benzene rings is 1. The molecule has 1 heterocycles. The molecular formula is C17H22BrNOSe. The molecule has 21 heavy (non-hydrogen) atoms. The number of likely N-dealkylation sites (tertiary alicyclic amines) is 1. The molecule has 0 N–H and O–H groups in total. The molecule has 1 aromatic carbocycles. The van der Waals surface area contributed by atoms with Gasteiger partial charge in [0.2, 0.25) is 0 Å². The molecule has 1 aliphatic rings. The van der Waals surface area contributed by atoms with Crippen molar-refractivity contribution in [3.05, 3.63) is 34.3 Å². The third-order valence-electron chi connectivity index (χ3n) is 4.27. The van der Waals surface area contributed by atoms with E-state index in [9.17, 15) is 4.79 Å². The number of hydrogen-bond donors (Lipinski definition) is 0. The molecule has 1 fully saturated rings. The molecule has 0 saturated carbocycles. The Balaban J connectivity index is 2.35. The van der Waals surface area contributed by atoms with Crippen LogP contribution in [-0.2, 0) is 0 Å². The van der Waals surface area contributed by atoms with Gasteiger partial charge < -0.3 is 0 Å². The second-order valence-electron chi connectivity index (χ2n) is 6.96. The predicted molar refractivity (Wildman–Crippen MR) is 93.1 cm³/mol. The number of rotatable bonds is 3. The van der Waals surface area contributed by atoms with Crippen molar-refractivity contribution in [3.63, 3.8) is 0 Å². The number of carbonyl (C=O) groups excluding carboxylic acids is 1. The van der Waals surface area contributed by atoms with Crippen molar-refractivity contribution >= 4 is 41.8 Å². The van der Waals surface area contributed by atoms with Gasteiger partial charge in [0, 0.05) is 0 Å². The van der Waals surface area contributed by atoms with Crippen LogP contribution in [-0.4, -0.2) is 41.9 Å². The topological polar surface area (TPSA) is 20.3 Å². The van der Waals surface area contributed by atoms with E-state index < -0.39 is 0 Å². The zero-order valence-corrected chi connectivity index (χ0v) is 16.4. The monoisotopic (exact) mass is 415 g/mol. The molecule has 0 spiro atoms. The van der Waals surface area contributed by atoms with Crippen molar-refractivity contribution in [1.82, 2.24) is 4.90 Å². The summed E-state index contributed by atoms with van der Waals surface area (Å²) in [5.41, 5.74) is 0.698. The van der Waals surface area contributed by atoms with E-state index in [2.05, 4.69) is 64.1 Å². The van der Waals surface area contributed by atoms with Crippen LogP contribution < -0.4 is 0 Å². The third kappa shape index (κ3) is 3.49. The van der Waals surface area contributed by atoms with Gasteiger partial charge in [0.05, 0.1) is 0 Å². The van der Waals surface area contributed by atoms with Crippen LogP contribution in [0.3, 0.4) is 0 Å². The average molecular weight is 415 g/mol. The minimum absolute atomic E-state index is 0.00991. The summed E-state index contributed by atoms with van der Waals surface area (Å²) in [5, 5.41) is 0. The van der Waals surface area contributed by atoms with Gasteiger partial charge in [0.25, 0.3) is 0 Å². The van der Waals surface area contributed by atoms with Gasteiger partial charge in [-0.3, -0.25) is 0 Å². The van der Waals surface area contributed by atoms with Crippen molar-refractivity contribution in [2.75, 3.05) is 0 Å². The van der Waals surface area contributed by atoms with E-state index >= 15 is 0 Å². The number of ketones is 1. The van der Waals surface area contributed by atoms with E-state index in [0.717, 1.165) is 27.4 Å². The molecule has 0 aliphatic carbocycles. The Morgan fingerprint density at radius 3 is 2.29 bits per heavy atom. The van der Waals surface area contributed by atoms with Crippen LogP contribution in [0.15, 0.2) is 28.7 Å². The van der Waals surface area contributed by atoms with Gasteiger partial charge in [0.15, 0.2) is 0 Å². The molecule has 114 valence electrons. The van der Waals surface area contributed by atoms with Crippen molar-refractivity contribution in [1.29, 1.82) is 0 Å². The van der Waals surface area contributed by atoms with Crippen LogP contribution in [0.4, 0.5) is 0 Å². The molecule has 0 atom stereocenters. The Morgan fingerprint density at radius 1 is 1.19 bits per heavy atom. The van der Waals surface area contributed by atoms with Gasteiger partial charge in [-0.1, -0.05) is 0 Å². The van der Waals surface area contributed by atoms with Crippen molar-refractivity contribution in [2.45, 2.75) is 58.0 Å². The van der Waals surface area contributed by atoms with Gasteiger partial charge >= 0.3 is 144 Å². The third-order valence-corrected chi connectivity index (χ3v) is 5.54. The number of piperidine rings is 1. The standard InChI is InChI=1S/C17H22BrNOSe/c1-16(2)9-6-10-17(3,4)19(16)15(21)14(20)12-7-5-8-13(18)11-12/h5,7-8,11H,6,9-10H2,1-4H3. The fourth-order valence-corrected chi connectivity index (χ4v) is 5.08. The number of hydrogen-bond acceptors (Lipinski definition) is 2. The molecule has 0 amide bonds. The Hall–Kier alpha value is -0.441. The Morgan fingerprint density at radius 2 is 1.76 bits per heavy atom. The fraction of sp³-hybridized carbons (Fsp3) is 0.529. The van der Waals surface area contributed by atoms with E-state index in [0.29, 0.717) is 0 Å². The second-order valence-corrected chi connectivity index (χ2v) is 8.69. The van der Waals surface area contributed by atoms with E-state index in [1.807, 2.05) is 24.3 Å². The van der Waals surface area contributed by atoms with Gasteiger partial charge in [-0.2, -0.15) is 0 Å². The van der Waals surface area contributed by atoms with Crippen molar-refractivity contribution in [3.8, 4) is 0 Å². The molecule has 1 saturated heterocycles. The summed E-state index contributed by atoms with van der Waals surface area (Å²) in [7, 11) is 0. The SMILES string of the molecule is CC1(C)CCCC(C)(C)N1C(=[Se])C(=O)c1cccc(Br)c1. The minimum atomic E-state index is -0.00991. The summed E-state index contributed by atoms with van der Waals surface area (Å²) >= 11 is 6.49. The van der Waals surface area contributed by atoms with Crippen molar-refractivity contribution in [2.24, 2.45) is 0 Å². The summed E-state index contributed by atoms with van der Waals surface area (Å²) in [6.45, 7) is 8.89. The average Bonchev–Trinajstić information content (AvgIpc) is 2.35. The van der Waals surface area contributed by atoms with Crippen LogP contribution in [0, 0.1) is 0 Å².